The third kappa shape index (κ3) is 2.70. The molecule has 0 unspecified atom stereocenters. The van der Waals surface area contributed by atoms with E-state index in [0.717, 1.165) is 30.4 Å². The molecule has 0 radical (unpaired) electrons. The summed E-state index contributed by atoms with van der Waals surface area (Å²) in [6.07, 6.45) is 4.63. The van der Waals surface area contributed by atoms with Gasteiger partial charge in [0, 0.05) is 11.6 Å². The fourth-order valence-electron chi connectivity index (χ4n) is 3.80. The Labute approximate surface area is 136 Å². The molecule has 1 saturated carbocycles. The maximum atomic E-state index is 12.4. The molecular weight excluding hydrogens is 312 g/mol. The highest BCUT2D eigenvalue weighted by molar-refractivity contribution is 7.89. The van der Waals surface area contributed by atoms with Crippen LogP contribution < -0.4 is 0 Å². The van der Waals surface area contributed by atoms with Gasteiger partial charge in [0.15, 0.2) is 5.76 Å². The Bertz CT molecular complexity index is 828. The minimum Gasteiger partial charge on any atom is -0.439 e. The van der Waals surface area contributed by atoms with Gasteiger partial charge in [0.2, 0.25) is 15.9 Å². The van der Waals surface area contributed by atoms with Crippen LogP contribution in [0.15, 0.2) is 34.9 Å². The first-order chi connectivity index (χ1) is 11.0. The third-order valence-corrected chi connectivity index (χ3v) is 7.01. The molecule has 5 nitrogen and oxygen atoms in total. The number of oxazole rings is 1. The van der Waals surface area contributed by atoms with Gasteiger partial charge < -0.3 is 4.42 Å². The zero-order valence-electron chi connectivity index (χ0n) is 13.1. The molecule has 6 heteroatoms. The van der Waals surface area contributed by atoms with Crippen LogP contribution in [-0.4, -0.2) is 29.5 Å². The second-order valence-electron chi connectivity index (χ2n) is 6.59. The highest BCUT2D eigenvalue weighted by Crippen LogP contribution is 2.38. The number of fused-ring (bicyclic) bond motifs is 2. The molecule has 0 spiro atoms. The van der Waals surface area contributed by atoms with E-state index in [0.29, 0.717) is 17.6 Å². The molecule has 122 valence electrons. The van der Waals surface area contributed by atoms with Gasteiger partial charge in [-0.05, 0) is 37.7 Å². The molecule has 1 aliphatic heterocycles. The van der Waals surface area contributed by atoms with E-state index in [1.807, 2.05) is 31.2 Å². The second-order valence-corrected chi connectivity index (χ2v) is 8.56. The van der Waals surface area contributed by atoms with Crippen molar-refractivity contribution in [3.05, 3.63) is 41.9 Å². The zero-order valence-corrected chi connectivity index (χ0v) is 13.9. The molecule has 0 amide bonds. The van der Waals surface area contributed by atoms with Crippen LogP contribution in [0.25, 0.3) is 11.3 Å². The number of hydrogen-bond donors (Lipinski definition) is 0. The topological polar surface area (TPSA) is 63.4 Å². The Balaban J connectivity index is 1.59. The van der Waals surface area contributed by atoms with Crippen LogP contribution in [0, 0.1) is 12.8 Å². The average molecular weight is 332 g/mol. The lowest BCUT2D eigenvalue weighted by atomic mass is 10.1. The Kier molecular flexibility index (Phi) is 3.54. The van der Waals surface area contributed by atoms with Crippen LogP contribution in [0.5, 0.6) is 0 Å². The number of rotatable bonds is 3. The van der Waals surface area contributed by atoms with E-state index in [1.54, 1.807) is 10.5 Å². The van der Waals surface area contributed by atoms with E-state index in [9.17, 15) is 8.42 Å². The van der Waals surface area contributed by atoms with Gasteiger partial charge in [-0.1, -0.05) is 24.3 Å². The van der Waals surface area contributed by atoms with E-state index < -0.39 is 10.0 Å². The van der Waals surface area contributed by atoms with E-state index in [2.05, 4.69) is 4.98 Å². The quantitative estimate of drug-likeness (QED) is 0.867. The number of hydrogen-bond acceptors (Lipinski definition) is 4. The summed E-state index contributed by atoms with van der Waals surface area (Å²) in [7, 11) is -3.19. The van der Waals surface area contributed by atoms with Crippen molar-refractivity contribution in [1.82, 2.24) is 9.29 Å². The Morgan fingerprint density at radius 2 is 2.13 bits per heavy atom. The van der Waals surface area contributed by atoms with Gasteiger partial charge in [-0.25, -0.2) is 13.4 Å². The van der Waals surface area contributed by atoms with Crippen molar-refractivity contribution in [2.24, 2.45) is 5.92 Å². The lowest BCUT2D eigenvalue weighted by molar-refractivity contribution is 0.270. The van der Waals surface area contributed by atoms with Crippen molar-refractivity contribution in [2.45, 2.75) is 38.8 Å². The summed E-state index contributed by atoms with van der Waals surface area (Å²) in [5.41, 5.74) is 2.10. The summed E-state index contributed by atoms with van der Waals surface area (Å²) in [4.78, 5) is 4.30. The molecule has 1 aliphatic carbocycles. The van der Waals surface area contributed by atoms with Crippen LogP contribution in [0.3, 0.4) is 0 Å². The number of sulfonamides is 1. The molecule has 0 N–H and O–H groups in total. The monoisotopic (exact) mass is 332 g/mol. The summed E-state index contributed by atoms with van der Waals surface area (Å²) in [5.74, 6) is 1.77. The lowest BCUT2D eigenvalue weighted by Gasteiger charge is -2.31. The summed E-state index contributed by atoms with van der Waals surface area (Å²) in [6.45, 7) is 2.26. The maximum Gasteiger partial charge on any atom is 0.215 e. The molecule has 2 aromatic rings. The Morgan fingerprint density at radius 3 is 2.96 bits per heavy atom. The highest BCUT2D eigenvalue weighted by atomic mass is 32.2. The van der Waals surface area contributed by atoms with E-state index in [-0.39, 0.29) is 18.3 Å². The molecule has 1 aromatic carbocycles. The molecule has 2 aliphatic rings. The van der Waals surface area contributed by atoms with E-state index >= 15 is 0 Å². The summed E-state index contributed by atoms with van der Waals surface area (Å²) < 4.78 is 32.3. The predicted molar refractivity (Wildman–Crippen MR) is 87.1 cm³/mol. The SMILES string of the molecule is Cc1ccccc1-c1cnc(CN2[C@@H]3CC[C@@H](C3)CS2(=O)=O)o1. The molecule has 1 saturated heterocycles. The second kappa shape index (κ2) is 5.46. The number of aryl methyl sites for hydroxylation is 1. The van der Waals surface area contributed by atoms with Crippen LogP contribution >= 0.6 is 0 Å². The molecule has 2 bridgehead atoms. The smallest absolute Gasteiger partial charge is 0.215 e. The Morgan fingerprint density at radius 1 is 1.30 bits per heavy atom. The Hall–Kier alpha value is -1.66. The molecule has 2 atom stereocenters. The number of aromatic nitrogens is 1. The first-order valence-electron chi connectivity index (χ1n) is 8.03. The van der Waals surface area contributed by atoms with Crippen LogP contribution in [0.1, 0.15) is 30.7 Å². The van der Waals surface area contributed by atoms with Crippen molar-refractivity contribution in [1.29, 1.82) is 0 Å². The molecule has 2 heterocycles. The molecule has 2 fully saturated rings. The number of benzene rings is 1. The van der Waals surface area contributed by atoms with Gasteiger partial charge in [0.25, 0.3) is 0 Å². The van der Waals surface area contributed by atoms with Gasteiger partial charge in [-0.15, -0.1) is 0 Å². The van der Waals surface area contributed by atoms with Gasteiger partial charge in [0.1, 0.15) is 0 Å². The van der Waals surface area contributed by atoms with Crippen LogP contribution in [-0.2, 0) is 16.6 Å². The third-order valence-electron chi connectivity index (χ3n) is 4.98. The minimum absolute atomic E-state index is 0.118. The maximum absolute atomic E-state index is 12.4. The highest BCUT2D eigenvalue weighted by Gasteiger charge is 2.43. The molecule has 4 rings (SSSR count). The lowest BCUT2D eigenvalue weighted by Crippen LogP contribution is -2.44. The molecular formula is C17H20N2O3S. The normalized spacial score (nSPS) is 26.5. The van der Waals surface area contributed by atoms with Crippen molar-refractivity contribution in [3.8, 4) is 11.3 Å². The summed E-state index contributed by atoms with van der Waals surface area (Å²) in [5, 5.41) is 0. The standard InChI is InChI=1S/C17H20N2O3S/c1-12-4-2-3-5-15(12)16-9-18-17(22-16)10-19-14-7-6-13(8-14)11-23(19,20)21/h2-5,9,13-14H,6-8,10-11H2,1H3/t13-,14+/m0/s1. The molecule has 23 heavy (non-hydrogen) atoms. The van der Waals surface area contributed by atoms with E-state index in [1.165, 1.54) is 0 Å². The largest absolute Gasteiger partial charge is 0.439 e. The van der Waals surface area contributed by atoms with Crippen molar-refractivity contribution >= 4 is 10.0 Å². The summed E-state index contributed by atoms with van der Waals surface area (Å²) >= 11 is 0. The van der Waals surface area contributed by atoms with Gasteiger partial charge in [-0.3, -0.25) is 0 Å². The van der Waals surface area contributed by atoms with Crippen molar-refractivity contribution in [2.75, 3.05) is 5.75 Å². The average Bonchev–Trinajstić information content (AvgIpc) is 3.11. The first kappa shape index (κ1) is 14.9. The minimum atomic E-state index is -3.19. The summed E-state index contributed by atoms with van der Waals surface area (Å²) in [6, 6.07) is 8.06. The van der Waals surface area contributed by atoms with Crippen LogP contribution in [0.2, 0.25) is 0 Å². The fraction of sp³-hybridized carbons (Fsp3) is 0.471. The van der Waals surface area contributed by atoms with Crippen molar-refractivity contribution in [3.63, 3.8) is 0 Å². The molecule has 1 aromatic heterocycles. The zero-order chi connectivity index (χ0) is 16.0. The van der Waals surface area contributed by atoms with Crippen molar-refractivity contribution < 1.29 is 12.8 Å². The van der Waals surface area contributed by atoms with Crippen LogP contribution in [0.4, 0.5) is 0 Å². The van der Waals surface area contributed by atoms with Gasteiger partial charge in [-0.2, -0.15) is 4.31 Å². The predicted octanol–water partition coefficient (Wildman–Crippen LogP) is 2.96. The first-order valence-corrected chi connectivity index (χ1v) is 9.64. The van der Waals surface area contributed by atoms with Gasteiger partial charge >= 0.3 is 0 Å². The van der Waals surface area contributed by atoms with E-state index in [4.69, 9.17) is 4.42 Å². The van der Waals surface area contributed by atoms with Gasteiger partial charge in [0.05, 0.1) is 18.5 Å². The fourth-order valence-corrected chi connectivity index (χ4v) is 5.84. The number of nitrogens with zero attached hydrogens (tertiary/aromatic N) is 2.